The Morgan fingerprint density at radius 2 is 2.40 bits per heavy atom. The van der Waals surface area contributed by atoms with Crippen LogP contribution in [0.25, 0.3) is 5.52 Å². The Kier molecular flexibility index (Phi) is 2.25. The van der Waals surface area contributed by atoms with Crippen LogP contribution in [0.1, 0.15) is 18.2 Å². The Bertz CT molecular complexity index is 488. The van der Waals surface area contributed by atoms with Gasteiger partial charge in [0.15, 0.2) is 0 Å². The van der Waals surface area contributed by atoms with Gasteiger partial charge in [0.25, 0.3) is 0 Å². The van der Waals surface area contributed by atoms with Gasteiger partial charge in [-0.3, -0.25) is 0 Å². The maximum absolute atomic E-state index is 5.39. The van der Waals surface area contributed by atoms with E-state index in [2.05, 4.69) is 37.6 Å². The van der Waals surface area contributed by atoms with E-state index < -0.39 is 0 Å². The van der Waals surface area contributed by atoms with E-state index in [1.165, 1.54) is 0 Å². The monoisotopic (exact) mass is 266 g/mol. The van der Waals surface area contributed by atoms with Gasteiger partial charge in [-0.05, 0) is 34.5 Å². The predicted molar refractivity (Wildman–Crippen MR) is 61.1 cm³/mol. The quantitative estimate of drug-likeness (QED) is 0.794. The number of aromatic nitrogens is 2. The molecule has 1 fully saturated rings. The van der Waals surface area contributed by atoms with Crippen molar-refractivity contribution in [1.82, 2.24) is 9.38 Å². The second kappa shape index (κ2) is 3.61. The Morgan fingerprint density at radius 3 is 3.20 bits per heavy atom. The standard InChI is InChI=1S/C11H11BrN2O/c12-9-1-2-10-5-13-11(14(10)6-9)8-3-4-15-7-8/h1-2,5-6,8H,3-4,7H2. The molecule has 1 unspecified atom stereocenters. The van der Waals surface area contributed by atoms with Crippen LogP contribution < -0.4 is 0 Å². The number of fused-ring (bicyclic) bond motifs is 1. The van der Waals surface area contributed by atoms with E-state index in [4.69, 9.17) is 4.74 Å². The highest BCUT2D eigenvalue weighted by Crippen LogP contribution is 2.25. The van der Waals surface area contributed by atoms with Gasteiger partial charge in [0.2, 0.25) is 0 Å². The van der Waals surface area contributed by atoms with E-state index >= 15 is 0 Å². The first kappa shape index (κ1) is 9.36. The molecule has 4 heteroatoms. The summed E-state index contributed by atoms with van der Waals surface area (Å²) in [5, 5.41) is 0. The molecule has 78 valence electrons. The van der Waals surface area contributed by atoms with Crippen LogP contribution in [-0.4, -0.2) is 22.6 Å². The smallest absolute Gasteiger partial charge is 0.118 e. The van der Waals surface area contributed by atoms with Gasteiger partial charge in [-0.15, -0.1) is 0 Å². The average Bonchev–Trinajstić information content (AvgIpc) is 2.83. The van der Waals surface area contributed by atoms with Crippen LogP contribution in [0.15, 0.2) is 29.0 Å². The number of hydrogen-bond acceptors (Lipinski definition) is 2. The molecule has 0 aromatic carbocycles. The van der Waals surface area contributed by atoms with Crippen LogP contribution in [0.3, 0.4) is 0 Å². The lowest BCUT2D eigenvalue weighted by molar-refractivity contribution is 0.193. The summed E-state index contributed by atoms with van der Waals surface area (Å²) in [6.45, 7) is 1.65. The highest BCUT2D eigenvalue weighted by atomic mass is 79.9. The summed E-state index contributed by atoms with van der Waals surface area (Å²) in [4.78, 5) is 4.48. The SMILES string of the molecule is Brc1ccc2cnc(C3CCOC3)n2c1. The molecule has 1 saturated heterocycles. The largest absolute Gasteiger partial charge is 0.381 e. The normalized spacial score (nSPS) is 21.3. The van der Waals surface area contributed by atoms with E-state index in [9.17, 15) is 0 Å². The van der Waals surface area contributed by atoms with E-state index in [0.717, 1.165) is 35.4 Å². The van der Waals surface area contributed by atoms with Crippen molar-refractivity contribution in [2.45, 2.75) is 12.3 Å². The van der Waals surface area contributed by atoms with Gasteiger partial charge in [-0.25, -0.2) is 4.98 Å². The number of pyridine rings is 1. The van der Waals surface area contributed by atoms with Gasteiger partial charge < -0.3 is 9.14 Å². The lowest BCUT2D eigenvalue weighted by Gasteiger charge is -2.06. The van der Waals surface area contributed by atoms with Crippen molar-refractivity contribution in [1.29, 1.82) is 0 Å². The highest BCUT2D eigenvalue weighted by Gasteiger charge is 2.21. The fraction of sp³-hybridized carbons (Fsp3) is 0.364. The number of imidazole rings is 1. The second-order valence-corrected chi connectivity index (χ2v) is 4.73. The minimum atomic E-state index is 0.446. The third kappa shape index (κ3) is 1.58. The van der Waals surface area contributed by atoms with Crippen molar-refractivity contribution in [3.8, 4) is 0 Å². The highest BCUT2D eigenvalue weighted by molar-refractivity contribution is 9.10. The zero-order chi connectivity index (χ0) is 10.3. The Hall–Kier alpha value is -0.870. The molecule has 0 radical (unpaired) electrons. The topological polar surface area (TPSA) is 26.5 Å². The molecule has 1 atom stereocenters. The van der Waals surface area contributed by atoms with Gasteiger partial charge >= 0.3 is 0 Å². The molecule has 3 heterocycles. The van der Waals surface area contributed by atoms with Crippen LogP contribution in [0.4, 0.5) is 0 Å². The maximum Gasteiger partial charge on any atom is 0.118 e. The molecule has 0 aliphatic carbocycles. The van der Waals surface area contributed by atoms with Crippen LogP contribution in [-0.2, 0) is 4.74 Å². The second-order valence-electron chi connectivity index (χ2n) is 3.82. The van der Waals surface area contributed by atoms with E-state index in [-0.39, 0.29) is 0 Å². The molecule has 3 rings (SSSR count). The first-order valence-electron chi connectivity index (χ1n) is 5.05. The number of halogens is 1. The van der Waals surface area contributed by atoms with Gasteiger partial charge in [0.05, 0.1) is 18.3 Å². The van der Waals surface area contributed by atoms with Crippen LogP contribution in [0, 0.1) is 0 Å². The van der Waals surface area contributed by atoms with Crippen molar-refractivity contribution >= 4 is 21.4 Å². The minimum absolute atomic E-state index is 0.446. The fourth-order valence-corrected chi connectivity index (χ4v) is 2.36. The van der Waals surface area contributed by atoms with Gasteiger partial charge in [-0.2, -0.15) is 0 Å². The number of nitrogens with zero attached hydrogens (tertiary/aromatic N) is 2. The molecular weight excluding hydrogens is 256 g/mol. The van der Waals surface area contributed by atoms with Gasteiger partial charge in [-0.1, -0.05) is 0 Å². The van der Waals surface area contributed by atoms with E-state index in [1.807, 2.05) is 12.3 Å². The third-order valence-electron chi connectivity index (χ3n) is 2.81. The number of ether oxygens (including phenoxy) is 1. The summed E-state index contributed by atoms with van der Waals surface area (Å²) in [7, 11) is 0. The molecule has 15 heavy (non-hydrogen) atoms. The number of rotatable bonds is 1. The molecule has 1 aliphatic rings. The van der Waals surface area contributed by atoms with Crippen LogP contribution in [0.2, 0.25) is 0 Å². The molecular formula is C11H11BrN2O. The molecule has 0 bridgehead atoms. The van der Waals surface area contributed by atoms with Crippen molar-refractivity contribution in [3.63, 3.8) is 0 Å². The summed E-state index contributed by atoms with van der Waals surface area (Å²) in [6, 6.07) is 4.10. The van der Waals surface area contributed by atoms with Gasteiger partial charge in [0.1, 0.15) is 5.82 Å². The molecule has 2 aromatic rings. The van der Waals surface area contributed by atoms with Crippen molar-refractivity contribution in [3.05, 3.63) is 34.8 Å². The molecule has 0 amide bonds. The Morgan fingerprint density at radius 1 is 1.47 bits per heavy atom. The first-order chi connectivity index (χ1) is 7.34. The average molecular weight is 267 g/mol. The summed E-state index contributed by atoms with van der Waals surface area (Å²) in [5.41, 5.74) is 1.14. The van der Waals surface area contributed by atoms with Gasteiger partial charge in [0, 0.05) is 23.2 Å². The van der Waals surface area contributed by atoms with E-state index in [0.29, 0.717) is 5.92 Å². The summed E-state index contributed by atoms with van der Waals surface area (Å²) in [6.07, 6.45) is 5.06. The summed E-state index contributed by atoms with van der Waals surface area (Å²) >= 11 is 3.48. The van der Waals surface area contributed by atoms with Crippen molar-refractivity contribution in [2.75, 3.05) is 13.2 Å². The van der Waals surface area contributed by atoms with Crippen molar-refractivity contribution < 1.29 is 4.74 Å². The maximum atomic E-state index is 5.39. The molecule has 0 saturated carbocycles. The lowest BCUT2D eigenvalue weighted by atomic mass is 10.1. The molecule has 1 aliphatic heterocycles. The minimum Gasteiger partial charge on any atom is -0.381 e. The zero-order valence-corrected chi connectivity index (χ0v) is 9.77. The summed E-state index contributed by atoms with van der Waals surface area (Å²) in [5.74, 6) is 1.56. The molecule has 0 N–H and O–H groups in total. The Balaban J connectivity index is 2.13. The molecule has 3 nitrogen and oxygen atoms in total. The van der Waals surface area contributed by atoms with Crippen molar-refractivity contribution in [2.24, 2.45) is 0 Å². The van der Waals surface area contributed by atoms with Crippen LogP contribution in [0.5, 0.6) is 0 Å². The predicted octanol–water partition coefficient (Wildman–Crippen LogP) is 2.60. The lowest BCUT2D eigenvalue weighted by Crippen LogP contribution is -2.03. The third-order valence-corrected chi connectivity index (χ3v) is 3.28. The van der Waals surface area contributed by atoms with Crippen LogP contribution >= 0.6 is 15.9 Å². The Labute approximate surface area is 96.2 Å². The summed E-state index contributed by atoms with van der Waals surface area (Å²) < 4.78 is 8.61. The molecule has 2 aromatic heterocycles. The first-order valence-corrected chi connectivity index (χ1v) is 5.84. The molecule has 0 spiro atoms. The number of hydrogen-bond donors (Lipinski definition) is 0. The zero-order valence-electron chi connectivity index (χ0n) is 8.19. The fourth-order valence-electron chi connectivity index (χ4n) is 2.02. The van der Waals surface area contributed by atoms with E-state index in [1.54, 1.807) is 0 Å².